The average molecular weight is 2020 g/mol. The molecular weight excluding hydrogens is 1800 g/mol. The molecule has 0 amide bonds. The first-order chi connectivity index (χ1) is 62.7. The van der Waals surface area contributed by atoms with Gasteiger partial charge in [0.1, 0.15) is 12.6 Å². The van der Waals surface area contributed by atoms with Crippen molar-refractivity contribution < 1.29 is 50.4 Å². The maximum absolute atomic E-state index is 12.0. The molecule has 790 valence electrons. The van der Waals surface area contributed by atoms with Crippen LogP contribution in [0.1, 0.15) is 383 Å². The van der Waals surface area contributed by atoms with Crippen LogP contribution in [0.4, 0.5) is 0 Å². The van der Waals surface area contributed by atoms with Crippen LogP contribution in [0.3, 0.4) is 0 Å². The van der Waals surface area contributed by atoms with Crippen molar-refractivity contribution in [2.75, 3.05) is 19.8 Å². The monoisotopic (exact) mass is 2010 g/mol. The van der Waals surface area contributed by atoms with E-state index in [-0.39, 0.29) is 66.9 Å². The zero-order valence-corrected chi connectivity index (χ0v) is 104. The molecule has 9 rings (SSSR count). The quantitative estimate of drug-likeness (QED) is 0.0305. The highest BCUT2D eigenvalue weighted by Crippen LogP contribution is 2.63. The van der Waals surface area contributed by atoms with E-state index >= 15 is 0 Å². The van der Waals surface area contributed by atoms with Gasteiger partial charge in [0, 0.05) is 25.9 Å². The minimum atomic E-state index is -2.09. The summed E-state index contributed by atoms with van der Waals surface area (Å²) in [6.45, 7) is 107. The molecular formula is C120H215NO11Si6. The fraction of sp³-hybridized carbons (Fsp3) is 0.825. The standard InChI is InChI=1S/C40H71NO3Si2.2C40H72O4Si2/c3*1-29(42-26-24-37(2,3)4)33-20-21-34-31(17-16-23-40(33,34)11)19-18-30-27-35(43-45(12,13)38(5,6)7)32(22-25-41)36(28-30)44-46(14,15)39(8,9)10/h18-19,22,29,33-36H,16-17,20-21,23-24,26-28H2,1-15H3;2*18-19,22,25,29,33-36H,16-17,20-21,23-24,26-28H2,1-15H3/b3*30-18?,31-19+,32-22?/t3*29-,33?,34?,35-,36-,40?/m111/s1. The van der Waals surface area contributed by atoms with E-state index in [4.69, 9.17) is 40.8 Å². The third-order valence-corrected chi connectivity index (χ3v) is 65.2. The van der Waals surface area contributed by atoms with Crippen LogP contribution in [0.25, 0.3) is 0 Å². The number of aldehydes is 2. The van der Waals surface area contributed by atoms with Gasteiger partial charge < -0.3 is 40.8 Å². The molecule has 0 saturated heterocycles. The minimum absolute atomic E-state index is 0.0809. The highest BCUT2D eigenvalue weighted by Gasteiger charge is 2.57. The van der Waals surface area contributed by atoms with Gasteiger partial charge in [0.05, 0.1) is 61.0 Å². The summed E-state index contributed by atoms with van der Waals surface area (Å²) < 4.78 is 62.2. The lowest BCUT2D eigenvalue weighted by molar-refractivity contribution is -0.105. The molecule has 9 aliphatic rings. The van der Waals surface area contributed by atoms with E-state index in [9.17, 15) is 14.9 Å². The fourth-order valence-electron chi connectivity index (χ4n) is 22.9. The van der Waals surface area contributed by atoms with E-state index < -0.39 is 49.9 Å². The van der Waals surface area contributed by atoms with Gasteiger partial charge in [0.2, 0.25) is 0 Å². The molecule has 9 unspecified atom stereocenters. The number of carbonyl (C=O) groups excluding carboxylic acids is 2. The van der Waals surface area contributed by atoms with Gasteiger partial charge in [-0.3, -0.25) is 9.59 Å². The Labute approximate surface area is 857 Å². The van der Waals surface area contributed by atoms with Crippen LogP contribution in [0.5, 0.6) is 0 Å². The van der Waals surface area contributed by atoms with E-state index in [2.05, 4.69) is 350 Å². The van der Waals surface area contributed by atoms with Gasteiger partial charge in [0.25, 0.3) is 0 Å². The smallest absolute Gasteiger partial charge is 0.192 e. The van der Waals surface area contributed by atoms with Gasteiger partial charge in [-0.15, -0.1) is 0 Å². The maximum Gasteiger partial charge on any atom is 0.192 e. The first kappa shape index (κ1) is 122. The molecule has 0 aromatic carbocycles. The Morgan fingerprint density at radius 3 is 0.703 bits per heavy atom. The predicted molar refractivity (Wildman–Crippen MR) is 604 cm³/mol. The summed E-state index contributed by atoms with van der Waals surface area (Å²) in [4.78, 5) is 24.0. The lowest BCUT2D eigenvalue weighted by Gasteiger charge is -2.46. The average Bonchev–Trinajstić information content (AvgIpc) is 1.71. The number of nitrogens with zero attached hydrogens (tertiary/aromatic N) is 1. The highest BCUT2D eigenvalue weighted by atomic mass is 28.4. The normalized spacial score (nSPS) is 29.9. The fourth-order valence-corrected chi connectivity index (χ4v) is 30.6. The van der Waals surface area contributed by atoms with Crippen molar-refractivity contribution in [2.45, 2.75) is 546 Å². The van der Waals surface area contributed by atoms with Crippen LogP contribution < -0.4 is 0 Å². The van der Waals surface area contributed by atoms with E-state index in [1.54, 1.807) is 34.9 Å². The number of nitriles is 1. The Balaban J connectivity index is 0.000000282. The predicted octanol–water partition coefficient (Wildman–Crippen LogP) is 35.1. The second-order valence-electron chi connectivity index (χ2n) is 58.5. The second-order valence-corrected chi connectivity index (χ2v) is 87.0. The van der Waals surface area contributed by atoms with Gasteiger partial charge in [-0.2, -0.15) is 5.26 Å². The molecule has 18 atom stereocenters. The summed E-state index contributed by atoms with van der Waals surface area (Å²) in [5.41, 5.74) is 14.0. The summed E-state index contributed by atoms with van der Waals surface area (Å²) >= 11 is 0. The lowest BCUT2D eigenvalue weighted by Crippen LogP contribution is -2.50. The summed E-state index contributed by atoms with van der Waals surface area (Å²) in [6, 6.07) is 2.37. The number of hydrogen-bond donors (Lipinski definition) is 0. The molecule has 138 heavy (non-hydrogen) atoms. The van der Waals surface area contributed by atoms with E-state index in [0.717, 1.165) is 107 Å². The molecule has 18 heteroatoms. The van der Waals surface area contributed by atoms with Crippen molar-refractivity contribution in [3.8, 4) is 6.07 Å². The van der Waals surface area contributed by atoms with Crippen LogP contribution in [0.2, 0.25) is 109 Å². The van der Waals surface area contributed by atoms with Crippen molar-refractivity contribution in [1.29, 1.82) is 5.26 Å². The Morgan fingerprint density at radius 1 is 0.319 bits per heavy atom. The van der Waals surface area contributed by atoms with Crippen LogP contribution in [-0.4, -0.2) is 137 Å². The van der Waals surface area contributed by atoms with Crippen molar-refractivity contribution in [3.05, 3.63) is 105 Å². The zero-order chi connectivity index (χ0) is 105. The van der Waals surface area contributed by atoms with Crippen LogP contribution in [0.15, 0.2) is 105 Å². The first-order valence-electron chi connectivity index (χ1n) is 55.2. The Hall–Kier alpha value is -2.57. The van der Waals surface area contributed by atoms with Crippen molar-refractivity contribution in [1.82, 2.24) is 0 Å². The van der Waals surface area contributed by atoms with E-state index in [0.29, 0.717) is 86.3 Å². The van der Waals surface area contributed by atoms with Gasteiger partial charge in [-0.1, -0.05) is 278 Å². The summed E-state index contributed by atoms with van der Waals surface area (Å²) in [5.74, 6) is 3.74. The molecule has 0 radical (unpaired) electrons. The third-order valence-electron chi connectivity index (χ3n) is 38.2. The molecule has 0 bridgehead atoms. The van der Waals surface area contributed by atoms with Gasteiger partial charge >= 0.3 is 0 Å². The minimum Gasteiger partial charge on any atom is -0.410 e. The molecule has 0 aromatic rings. The molecule has 9 aliphatic carbocycles. The van der Waals surface area contributed by atoms with Crippen LogP contribution >= 0.6 is 0 Å². The zero-order valence-electron chi connectivity index (χ0n) is 98.0. The largest absolute Gasteiger partial charge is 0.410 e. The molecule has 0 spiro atoms. The molecule has 0 aromatic heterocycles. The van der Waals surface area contributed by atoms with Crippen molar-refractivity contribution >= 4 is 62.5 Å². The van der Waals surface area contributed by atoms with Crippen LogP contribution in [0, 0.1) is 79.3 Å². The van der Waals surface area contributed by atoms with Crippen molar-refractivity contribution in [2.24, 2.45) is 68.0 Å². The Morgan fingerprint density at radius 2 is 0.522 bits per heavy atom. The number of fused-ring (bicyclic) bond motifs is 3. The molecule has 0 aliphatic heterocycles. The van der Waals surface area contributed by atoms with Gasteiger partial charge in [-0.25, -0.2) is 0 Å². The number of ether oxygens (including phenoxy) is 3. The van der Waals surface area contributed by atoms with Gasteiger partial charge in [-0.05, 0) is 381 Å². The van der Waals surface area contributed by atoms with Gasteiger partial charge in [0.15, 0.2) is 49.9 Å². The van der Waals surface area contributed by atoms with Crippen molar-refractivity contribution in [3.63, 3.8) is 0 Å². The summed E-state index contributed by atoms with van der Waals surface area (Å²) in [5, 5.41) is 10.4. The van der Waals surface area contributed by atoms with E-state index in [1.165, 1.54) is 113 Å². The van der Waals surface area contributed by atoms with E-state index in [1.807, 2.05) is 0 Å². The third kappa shape index (κ3) is 32.0. The number of hydrogen-bond acceptors (Lipinski definition) is 12. The molecule has 0 N–H and O–H groups in total. The number of rotatable bonds is 29. The highest BCUT2D eigenvalue weighted by molar-refractivity contribution is 6.76. The SMILES string of the molecule is C[C@@H](OCCC(C)(C)C)C1CCC2/C(=C/C=C3C[C@@H](O[Si](C)(C)C(C)(C)C)C(=CC#N)[C@H](O[Si](C)(C)C(C)(C)C)C3)CCCC21C.C[C@@H](OCCC(C)(C)C)C1CCC2/C(=C/C=C3C[C@@H](O[Si](C)(C)C(C)(C)C)C(=CC=O)[C@H](O[Si](C)(C)C(C)(C)C)C3)CCCC21C.C[C@@H](OCCC(C)(C)C)C1CCC2/C(=C/C=C3C[C@@H](O[Si](C)(C)C(C)(C)C)C(=CC=O)[C@H](O[Si](C)(C)C(C)(C)C)C3)CCCC21C. The molecule has 9 fully saturated rings. The lowest BCUT2D eigenvalue weighted by atomic mass is 9.62. The van der Waals surface area contributed by atoms with Crippen LogP contribution in [-0.2, 0) is 50.4 Å². The molecule has 0 heterocycles. The Kier molecular flexibility index (Phi) is 41.8. The topological polar surface area (TPSA) is 141 Å². The Bertz CT molecular complexity index is 4030. The molecule has 12 nitrogen and oxygen atoms in total. The summed E-state index contributed by atoms with van der Waals surface area (Å²) in [7, 11) is -12.6. The first-order valence-corrected chi connectivity index (χ1v) is 72.7. The molecule has 9 saturated carbocycles. The number of allylic oxidation sites excluding steroid dienone is 12. The maximum atomic E-state index is 12.0. The number of carbonyl (C=O) groups is 2. The second kappa shape index (κ2) is 47.1. The summed E-state index contributed by atoms with van der Waals surface area (Å²) in [6.07, 6.45) is 49.3.